The highest BCUT2D eigenvalue weighted by Gasteiger charge is 2.65. The summed E-state index contributed by atoms with van der Waals surface area (Å²) in [6.07, 6.45) is 3.90. The predicted octanol–water partition coefficient (Wildman–Crippen LogP) is 1.32. The first-order valence-electron chi connectivity index (χ1n) is 7.36. The Labute approximate surface area is 119 Å². The van der Waals surface area contributed by atoms with Crippen molar-refractivity contribution < 1.29 is 12.8 Å². The van der Waals surface area contributed by atoms with Crippen molar-refractivity contribution in [3.05, 3.63) is 17.9 Å². The van der Waals surface area contributed by atoms with E-state index in [4.69, 9.17) is 4.42 Å². The van der Waals surface area contributed by atoms with E-state index in [2.05, 4.69) is 10.0 Å². The second-order valence-electron chi connectivity index (χ2n) is 6.39. The fourth-order valence-corrected chi connectivity index (χ4v) is 5.74. The van der Waals surface area contributed by atoms with Crippen molar-refractivity contribution in [3.8, 4) is 0 Å². The second kappa shape index (κ2) is 4.32. The Hall–Kier alpha value is -0.850. The molecule has 0 aliphatic heterocycles. The molecule has 1 aromatic heterocycles. The lowest BCUT2D eigenvalue weighted by molar-refractivity contribution is 0.401. The number of nitrogens with one attached hydrogen (secondary N) is 2. The summed E-state index contributed by atoms with van der Waals surface area (Å²) in [4.78, 5) is 0. The van der Waals surface area contributed by atoms with E-state index in [0.29, 0.717) is 24.1 Å². The van der Waals surface area contributed by atoms with Gasteiger partial charge in [0, 0.05) is 6.04 Å². The molecule has 0 radical (unpaired) electrons. The van der Waals surface area contributed by atoms with Gasteiger partial charge in [0.15, 0.2) is 0 Å². The smallest absolute Gasteiger partial charge is 0.274 e. The molecule has 4 atom stereocenters. The minimum atomic E-state index is -3.50. The fraction of sp³-hybridized carbons (Fsp3) is 0.714. The molecule has 6 heteroatoms. The molecule has 0 aromatic carbocycles. The molecule has 1 heterocycles. The fourth-order valence-electron chi connectivity index (χ4n) is 4.49. The average molecular weight is 296 g/mol. The van der Waals surface area contributed by atoms with Crippen molar-refractivity contribution in [3.63, 3.8) is 0 Å². The Bertz CT molecular complexity index is 608. The molecule has 1 aromatic rings. The topological polar surface area (TPSA) is 71.3 Å². The highest BCUT2D eigenvalue weighted by molar-refractivity contribution is 7.89. The largest absolute Gasteiger partial charge is 0.447 e. The highest BCUT2D eigenvalue weighted by Crippen LogP contribution is 2.65. The van der Waals surface area contributed by atoms with Gasteiger partial charge in [-0.1, -0.05) is 0 Å². The van der Waals surface area contributed by atoms with Crippen molar-refractivity contribution in [2.45, 2.75) is 36.9 Å². The van der Waals surface area contributed by atoms with E-state index in [1.807, 2.05) is 0 Å². The van der Waals surface area contributed by atoms with Crippen LogP contribution in [-0.2, 0) is 16.6 Å². The van der Waals surface area contributed by atoms with Crippen LogP contribution in [0.15, 0.2) is 21.6 Å². The van der Waals surface area contributed by atoms with Crippen LogP contribution in [-0.4, -0.2) is 21.5 Å². The van der Waals surface area contributed by atoms with Gasteiger partial charge in [-0.05, 0) is 62.1 Å². The normalized spacial score (nSPS) is 38.1. The Morgan fingerprint density at radius 1 is 1.25 bits per heavy atom. The quantitative estimate of drug-likeness (QED) is 0.860. The van der Waals surface area contributed by atoms with Gasteiger partial charge in [-0.15, -0.1) is 0 Å². The van der Waals surface area contributed by atoms with Gasteiger partial charge in [0.05, 0.1) is 6.54 Å². The summed E-state index contributed by atoms with van der Waals surface area (Å²) in [6, 6.07) is 3.41. The van der Waals surface area contributed by atoms with Gasteiger partial charge in [0.25, 0.3) is 10.0 Å². The number of furan rings is 1. The summed E-state index contributed by atoms with van der Waals surface area (Å²) in [5.74, 6) is 3.35. The van der Waals surface area contributed by atoms with E-state index in [1.54, 1.807) is 19.2 Å². The summed E-state index contributed by atoms with van der Waals surface area (Å²) < 4.78 is 32.9. The predicted molar refractivity (Wildman–Crippen MR) is 73.4 cm³/mol. The van der Waals surface area contributed by atoms with Gasteiger partial charge in [-0.2, -0.15) is 0 Å². The molecular weight excluding hydrogens is 276 g/mol. The van der Waals surface area contributed by atoms with Crippen LogP contribution >= 0.6 is 0 Å². The molecule has 4 rings (SSSR count). The maximum Gasteiger partial charge on any atom is 0.274 e. The lowest BCUT2D eigenvalue weighted by Gasteiger charge is -2.09. The van der Waals surface area contributed by atoms with Crippen molar-refractivity contribution in [1.82, 2.24) is 10.0 Å². The van der Waals surface area contributed by atoms with E-state index in [9.17, 15) is 8.42 Å². The Balaban J connectivity index is 1.48. The molecule has 2 bridgehead atoms. The van der Waals surface area contributed by atoms with Gasteiger partial charge < -0.3 is 9.73 Å². The zero-order valence-corrected chi connectivity index (χ0v) is 12.3. The van der Waals surface area contributed by atoms with Gasteiger partial charge in [-0.25, -0.2) is 13.1 Å². The summed E-state index contributed by atoms with van der Waals surface area (Å²) in [6.45, 7) is 0.536. The number of fused-ring (bicyclic) bond motifs is 5. The molecule has 2 N–H and O–H groups in total. The van der Waals surface area contributed by atoms with Crippen LogP contribution in [0.2, 0.25) is 0 Å². The lowest BCUT2D eigenvalue weighted by atomic mass is 10.0. The number of rotatable bonds is 5. The van der Waals surface area contributed by atoms with E-state index >= 15 is 0 Å². The maximum atomic E-state index is 12.3. The molecule has 110 valence electrons. The molecule has 20 heavy (non-hydrogen) atoms. The standard InChI is InChI=1S/C14H20N2O3S/c1-15-7-10-4-5-11(19-10)20(17,18)16-14-12-8-2-3-9(6-8)13(12)14/h4-5,8-9,12-16H,2-3,6-7H2,1H3. The van der Waals surface area contributed by atoms with Gasteiger partial charge in [0.2, 0.25) is 5.09 Å². The molecular formula is C14H20N2O3S. The number of hydrogen-bond donors (Lipinski definition) is 2. The summed E-state index contributed by atoms with van der Waals surface area (Å²) in [5.41, 5.74) is 0. The molecule has 3 aliphatic carbocycles. The Morgan fingerprint density at radius 3 is 2.60 bits per heavy atom. The molecule has 3 fully saturated rings. The van der Waals surface area contributed by atoms with Crippen LogP contribution in [0.5, 0.6) is 0 Å². The number of sulfonamides is 1. The molecule has 0 spiro atoms. The Kier molecular flexibility index (Phi) is 2.78. The molecule has 3 saturated carbocycles. The number of hydrogen-bond acceptors (Lipinski definition) is 4. The van der Waals surface area contributed by atoms with Crippen molar-refractivity contribution in [2.24, 2.45) is 23.7 Å². The van der Waals surface area contributed by atoms with Crippen LogP contribution in [0, 0.1) is 23.7 Å². The van der Waals surface area contributed by atoms with Crippen molar-refractivity contribution in [1.29, 1.82) is 0 Å². The maximum absolute atomic E-state index is 12.3. The van der Waals surface area contributed by atoms with Crippen LogP contribution in [0.4, 0.5) is 0 Å². The minimum absolute atomic E-state index is 0.0417. The molecule has 5 nitrogen and oxygen atoms in total. The monoisotopic (exact) mass is 296 g/mol. The third-order valence-electron chi connectivity index (χ3n) is 5.28. The van der Waals surface area contributed by atoms with Gasteiger partial charge in [0.1, 0.15) is 5.76 Å². The van der Waals surface area contributed by atoms with Crippen LogP contribution in [0.1, 0.15) is 25.0 Å². The van der Waals surface area contributed by atoms with E-state index in [1.165, 1.54) is 19.3 Å². The second-order valence-corrected chi connectivity index (χ2v) is 8.03. The van der Waals surface area contributed by atoms with Crippen molar-refractivity contribution in [2.75, 3.05) is 7.05 Å². The zero-order valence-electron chi connectivity index (χ0n) is 11.5. The van der Waals surface area contributed by atoms with Gasteiger partial charge in [-0.3, -0.25) is 0 Å². The van der Waals surface area contributed by atoms with Crippen molar-refractivity contribution >= 4 is 10.0 Å². The van der Waals surface area contributed by atoms with Crippen LogP contribution in [0.25, 0.3) is 0 Å². The molecule has 3 aliphatic rings. The third kappa shape index (κ3) is 1.85. The first kappa shape index (κ1) is 12.9. The summed E-state index contributed by atoms with van der Waals surface area (Å²) in [5, 5.41) is 2.99. The molecule has 0 saturated heterocycles. The van der Waals surface area contributed by atoms with E-state index in [-0.39, 0.29) is 11.1 Å². The first-order chi connectivity index (χ1) is 9.60. The van der Waals surface area contributed by atoms with Gasteiger partial charge >= 0.3 is 0 Å². The van der Waals surface area contributed by atoms with E-state index in [0.717, 1.165) is 11.8 Å². The third-order valence-corrected chi connectivity index (χ3v) is 6.61. The molecule has 4 unspecified atom stereocenters. The van der Waals surface area contributed by atoms with E-state index < -0.39 is 10.0 Å². The first-order valence-corrected chi connectivity index (χ1v) is 8.84. The summed E-state index contributed by atoms with van der Waals surface area (Å²) >= 11 is 0. The average Bonchev–Trinajstić information content (AvgIpc) is 2.84. The van der Waals surface area contributed by atoms with Crippen LogP contribution < -0.4 is 10.0 Å². The zero-order chi connectivity index (χ0) is 13.9. The minimum Gasteiger partial charge on any atom is -0.447 e. The Morgan fingerprint density at radius 2 is 1.95 bits per heavy atom. The summed E-state index contributed by atoms with van der Waals surface area (Å²) in [7, 11) is -1.70. The van der Waals surface area contributed by atoms with Crippen LogP contribution in [0.3, 0.4) is 0 Å². The SMILES string of the molecule is CNCc1ccc(S(=O)(=O)NC2C3C4CCC(C4)C23)o1. The molecule has 0 amide bonds. The lowest BCUT2D eigenvalue weighted by Crippen LogP contribution is -2.29. The highest BCUT2D eigenvalue weighted by atomic mass is 32.2.